The van der Waals surface area contributed by atoms with Crippen LogP contribution in [-0.2, 0) is 32.1 Å². The summed E-state index contributed by atoms with van der Waals surface area (Å²) in [5.41, 5.74) is 2.57. The number of rotatable bonds is 3. The van der Waals surface area contributed by atoms with Crippen LogP contribution in [0.25, 0.3) is 0 Å². The first kappa shape index (κ1) is 20.7. The van der Waals surface area contributed by atoms with Gasteiger partial charge in [0.25, 0.3) is 5.91 Å². The van der Waals surface area contributed by atoms with Gasteiger partial charge in [-0.1, -0.05) is 18.2 Å². The van der Waals surface area contributed by atoms with E-state index in [9.17, 15) is 9.59 Å². The smallest absolute Gasteiger partial charge is 0.308 e. The highest BCUT2D eigenvalue weighted by molar-refractivity contribution is 5.97. The van der Waals surface area contributed by atoms with E-state index in [1.807, 2.05) is 18.2 Å². The number of nitrogens with one attached hydrogen (secondary N) is 1. The Labute approximate surface area is 169 Å². The summed E-state index contributed by atoms with van der Waals surface area (Å²) in [5.74, 6) is 0.371. The molecule has 3 rings (SSSR count). The molecule has 1 heterocycles. The van der Waals surface area contributed by atoms with Gasteiger partial charge in [-0.25, -0.2) is 0 Å². The molecule has 154 valence electrons. The molecule has 0 fully saturated rings. The summed E-state index contributed by atoms with van der Waals surface area (Å²) in [4.78, 5) is 24.4. The highest BCUT2D eigenvalue weighted by Crippen LogP contribution is 2.27. The molecular formula is C22H25NO6. The highest BCUT2D eigenvalue weighted by atomic mass is 16.5. The van der Waals surface area contributed by atoms with Gasteiger partial charge in [-0.3, -0.25) is 9.59 Å². The van der Waals surface area contributed by atoms with Crippen LogP contribution >= 0.6 is 0 Å². The number of anilines is 1. The Kier molecular flexibility index (Phi) is 7.08. The summed E-state index contributed by atoms with van der Waals surface area (Å²) in [6, 6.07) is 13.1. The number of para-hydroxylation sites is 2. The Balaban J connectivity index is 1.89. The first-order chi connectivity index (χ1) is 14.1. The van der Waals surface area contributed by atoms with Crippen LogP contribution in [0.2, 0.25) is 0 Å². The molecule has 2 aromatic rings. The van der Waals surface area contributed by atoms with Gasteiger partial charge in [-0.05, 0) is 48.2 Å². The second kappa shape index (κ2) is 9.93. The number of ether oxygens (including phenoxy) is 4. The summed E-state index contributed by atoms with van der Waals surface area (Å²) in [6.07, 6.45) is 0.330. The molecule has 0 aromatic heterocycles. The van der Waals surface area contributed by atoms with Crippen LogP contribution in [0.15, 0.2) is 42.5 Å². The Morgan fingerprint density at radius 3 is 2.76 bits per heavy atom. The van der Waals surface area contributed by atoms with E-state index in [4.69, 9.17) is 18.9 Å². The molecule has 0 saturated heterocycles. The fourth-order valence-electron chi connectivity index (χ4n) is 3.11. The summed E-state index contributed by atoms with van der Waals surface area (Å²) in [7, 11) is 2.92. The summed E-state index contributed by atoms with van der Waals surface area (Å²) >= 11 is 0. The maximum atomic E-state index is 12.7. The van der Waals surface area contributed by atoms with Gasteiger partial charge in [0.1, 0.15) is 24.2 Å². The Bertz CT molecular complexity index is 866. The zero-order chi connectivity index (χ0) is 20.6. The van der Waals surface area contributed by atoms with Crippen molar-refractivity contribution in [2.75, 3.05) is 26.1 Å². The lowest BCUT2D eigenvalue weighted by Crippen LogP contribution is -2.33. The number of aryl methyl sites for hydroxylation is 1. The fourth-order valence-corrected chi connectivity index (χ4v) is 3.11. The van der Waals surface area contributed by atoms with Gasteiger partial charge in [0.05, 0.1) is 26.3 Å². The zero-order valence-corrected chi connectivity index (χ0v) is 16.6. The molecule has 2 bridgehead atoms. The van der Waals surface area contributed by atoms with E-state index in [0.29, 0.717) is 31.1 Å². The van der Waals surface area contributed by atoms with Crippen molar-refractivity contribution in [3.63, 3.8) is 0 Å². The molecular weight excluding hydrogens is 374 g/mol. The summed E-state index contributed by atoms with van der Waals surface area (Å²) in [6.45, 7) is 0.666. The van der Waals surface area contributed by atoms with Crippen LogP contribution in [-0.4, -0.2) is 38.8 Å². The second-order valence-electron chi connectivity index (χ2n) is 6.71. The van der Waals surface area contributed by atoms with Crippen LogP contribution in [0.4, 0.5) is 5.69 Å². The van der Waals surface area contributed by atoms with Gasteiger partial charge in [0, 0.05) is 6.61 Å². The molecule has 7 heteroatoms. The number of amides is 1. The summed E-state index contributed by atoms with van der Waals surface area (Å²) < 4.78 is 21.8. The van der Waals surface area contributed by atoms with E-state index < -0.39 is 18.0 Å². The van der Waals surface area contributed by atoms with E-state index in [1.54, 1.807) is 25.3 Å². The standard InChI is InChI=1S/C22H25NO6/c1-26-17-11-15-6-5-9-28-20(13-21(24)27-2)22(25)23-18-7-3-4-8-19(18)29-14-16(10-15)12-17/h3-4,7-8,10-12,20H,5-6,9,13-14H2,1-2H3,(H,23,25). The van der Waals surface area contributed by atoms with Crippen LogP contribution in [0.3, 0.4) is 0 Å². The van der Waals surface area contributed by atoms with Crippen molar-refractivity contribution >= 4 is 17.6 Å². The first-order valence-electron chi connectivity index (χ1n) is 9.47. The molecule has 1 aliphatic rings. The maximum Gasteiger partial charge on any atom is 0.308 e. The number of hydrogen-bond donors (Lipinski definition) is 1. The lowest BCUT2D eigenvalue weighted by molar-refractivity contribution is -0.147. The molecule has 1 atom stereocenters. The average Bonchev–Trinajstić information content (AvgIpc) is 2.74. The number of hydrogen-bond acceptors (Lipinski definition) is 6. The number of esters is 1. The van der Waals surface area contributed by atoms with Crippen molar-refractivity contribution in [3.8, 4) is 11.5 Å². The molecule has 0 radical (unpaired) electrons. The SMILES string of the molecule is COC(=O)CC1OCCCc2cc(cc(OC)c2)COc2ccccc2NC1=O. The molecule has 7 nitrogen and oxygen atoms in total. The van der Waals surface area contributed by atoms with Crippen molar-refractivity contribution in [2.24, 2.45) is 0 Å². The van der Waals surface area contributed by atoms with E-state index in [1.165, 1.54) is 7.11 Å². The molecule has 1 amide bonds. The third kappa shape index (κ3) is 5.71. The lowest BCUT2D eigenvalue weighted by atomic mass is 10.1. The Hall–Kier alpha value is -3.06. The zero-order valence-electron chi connectivity index (χ0n) is 16.6. The van der Waals surface area contributed by atoms with Crippen LogP contribution in [0.5, 0.6) is 11.5 Å². The van der Waals surface area contributed by atoms with E-state index in [-0.39, 0.29) is 6.42 Å². The molecule has 0 spiro atoms. The topological polar surface area (TPSA) is 83.1 Å². The van der Waals surface area contributed by atoms with E-state index in [0.717, 1.165) is 23.3 Å². The molecule has 0 aliphatic carbocycles. The van der Waals surface area contributed by atoms with Crippen LogP contribution < -0.4 is 14.8 Å². The number of carbonyl (C=O) groups is 2. The van der Waals surface area contributed by atoms with Crippen molar-refractivity contribution in [1.82, 2.24) is 0 Å². The number of methoxy groups -OCH3 is 2. The van der Waals surface area contributed by atoms with Crippen molar-refractivity contribution < 1.29 is 28.5 Å². The number of fused-ring (bicyclic) bond motifs is 3. The Morgan fingerprint density at radius 1 is 1.17 bits per heavy atom. The largest absolute Gasteiger partial charge is 0.497 e. The van der Waals surface area contributed by atoms with Crippen LogP contribution in [0, 0.1) is 0 Å². The minimum absolute atomic E-state index is 0.158. The normalized spacial score (nSPS) is 17.2. The third-order valence-electron chi connectivity index (χ3n) is 4.60. The average molecular weight is 399 g/mol. The fraction of sp³-hybridized carbons (Fsp3) is 0.364. The third-order valence-corrected chi connectivity index (χ3v) is 4.60. The Morgan fingerprint density at radius 2 is 1.97 bits per heavy atom. The van der Waals surface area contributed by atoms with Crippen LogP contribution in [0.1, 0.15) is 24.0 Å². The monoisotopic (exact) mass is 399 g/mol. The first-order valence-corrected chi connectivity index (χ1v) is 9.47. The maximum absolute atomic E-state index is 12.7. The van der Waals surface area contributed by atoms with Gasteiger partial charge in [-0.2, -0.15) is 0 Å². The van der Waals surface area contributed by atoms with Crippen molar-refractivity contribution in [2.45, 2.75) is 32.0 Å². The van der Waals surface area contributed by atoms with Crippen molar-refractivity contribution in [1.29, 1.82) is 0 Å². The van der Waals surface area contributed by atoms with Crippen molar-refractivity contribution in [3.05, 3.63) is 53.6 Å². The second-order valence-corrected chi connectivity index (χ2v) is 6.71. The molecule has 1 aliphatic heterocycles. The molecule has 2 aromatic carbocycles. The predicted molar refractivity (Wildman–Crippen MR) is 107 cm³/mol. The van der Waals surface area contributed by atoms with Gasteiger partial charge in [-0.15, -0.1) is 0 Å². The molecule has 0 saturated carbocycles. The van der Waals surface area contributed by atoms with Gasteiger partial charge >= 0.3 is 5.97 Å². The van der Waals surface area contributed by atoms with Gasteiger partial charge < -0.3 is 24.3 Å². The molecule has 29 heavy (non-hydrogen) atoms. The van der Waals surface area contributed by atoms with E-state index >= 15 is 0 Å². The van der Waals surface area contributed by atoms with E-state index in [2.05, 4.69) is 11.4 Å². The molecule has 1 unspecified atom stereocenters. The van der Waals surface area contributed by atoms with Gasteiger partial charge in [0.15, 0.2) is 0 Å². The minimum Gasteiger partial charge on any atom is -0.497 e. The van der Waals surface area contributed by atoms with Gasteiger partial charge in [0.2, 0.25) is 0 Å². The highest BCUT2D eigenvalue weighted by Gasteiger charge is 2.24. The minimum atomic E-state index is -0.945. The predicted octanol–water partition coefficient (Wildman–Crippen LogP) is 3.11. The quantitative estimate of drug-likeness (QED) is 0.799. The molecule has 1 N–H and O–H groups in total. The lowest BCUT2D eigenvalue weighted by Gasteiger charge is -2.19. The number of carbonyl (C=O) groups excluding carboxylic acids is 2. The summed E-state index contributed by atoms with van der Waals surface area (Å²) in [5, 5.41) is 2.80. The number of benzene rings is 2.